The van der Waals surface area contributed by atoms with Gasteiger partial charge in [0.2, 0.25) is 5.91 Å². The summed E-state index contributed by atoms with van der Waals surface area (Å²) in [5.74, 6) is -1.46. The normalized spacial score (nSPS) is 10.8. The van der Waals surface area contributed by atoms with Crippen LogP contribution in [0.5, 0.6) is 5.75 Å². The number of halogens is 2. The van der Waals surface area contributed by atoms with Crippen molar-refractivity contribution in [2.45, 2.75) is 13.2 Å². The first-order valence-corrected chi connectivity index (χ1v) is 11.0. The van der Waals surface area contributed by atoms with Crippen LogP contribution in [0, 0.1) is 11.6 Å². The standard InChI is InChI=1S/C26H20F2N6O2/c27-21-7-4-8-22(25(21)28)33-24(35)14-34-13-18(12-31-34)32-26-20-10-9-19(11-23(20)29-16-30-26)36-15-17-5-2-1-3-6-17/h1-13,16H,14-15H2,(H,33,35)(H,29,30,32). The summed E-state index contributed by atoms with van der Waals surface area (Å²) >= 11 is 0. The maximum absolute atomic E-state index is 13.8. The van der Waals surface area contributed by atoms with E-state index in [0.717, 1.165) is 17.0 Å². The minimum absolute atomic E-state index is 0.190. The zero-order valence-corrected chi connectivity index (χ0v) is 18.9. The maximum atomic E-state index is 13.8. The first kappa shape index (κ1) is 22.9. The van der Waals surface area contributed by atoms with Gasteiger partial charge in [-0.05, 0) is 29.8 Å². The van der Waals surface area contributed by atoms with Crippen LogP contribution in [0.15, 0.2) is 85.5 Å². The number of amides is 1. The van der Waals surface area contributed by atoms with Crippen LogP contribution in [-0.4, -0.2) is 25.7 Å². The lowest BCUT2D eigenvalue weighted by atomic mass is 10.2. The Balaban J connectivity index is 1.24. The molecule has 180 valence electrons. The predicted molar refractivity (Wildman–Crippen MR) is 131 cm³/mol. The molecule has 0 unspecified atom stereocenters. The minimum Gasteiger partial charge on any atom is -0.489 e. The highest BCUT2D eigenvalue weighted by atomic mass is 19.2. The van der Waals surface area contributed by atoms with Crippen molar-refractivity contribution in [2.24, 2.45) is 0 Å². The van der Waals surface area contributed by atoms with Crippen molar-refractivity contribution < 1.29 is 18.3 Å². The van der Waals surface area contributed by atoms with E-state index in [1.807, 2.05) is 48.5 Å². The number of nitrogens with one attached hydrogen (secondary N) is 2. The van der Waals surface area contributed by atoms with Gasteiger partial charge in [-0.2, -0.15) is 5.10 Å². The van der Waals surface area contributed by atoms with Gasteiger partial charge in [-0.25, -0.2) is 18.7 Å². The molecule has 0 atom stereocenters. The number of carbonyl (C=O) groups excluding carboxylic acids is 1. The first-order chi connectivity index (χ1) is 17.5. The quantitative estimate of drug-likeness (QED) is 0.318. The van der Waals surface area contributed by atoms with Crippen LogP contribution < -0.4 is 15.4 Å². The predicted octanol–water partition coefficient (Wildman–Crippen LogP) is 5.07. The zero-order valence-electron chi connectivity index (χ0n) is 18.9. The van der Waals surface area contributed by atoms with E-state index in [1.165, 1.54) is 29.3 Å². The molecule has 5 aromatic rings. The van der Waals surface area contributed by atoms with E-state index in [-0.39, 0.29) is 12.2 Å². The van der Waals surface area contributed by atoms with Gasteiger partial charge >= 0.3 is 0 Å². The molecule has 0 bridgehead atoms. The van der Waals surface area contributed by atoms with Crippen molar-refractivity contribution in [3.05, 3.63) is 103 Å². The number of fused-ring (bicyclic) bond motifs is 1. The van der Waals surface area contributed by atoms with E-state index < -0.39 is 17.5 Å². The molecule has 0 aliphatic carbocycles. The van der Waals surface area contributed by atoms with Crippen molar-refractivity contribution in [1.29, 1.82) is 0 Å². The van der Waals surface area contributed by atoms with Crippen LogP contribution in [-0.2, 0) is 17.9 Å². The molecule has 8 nitrogen and oxygen atoms in total. The van der Waals surface area contributed by atoms with Gasteiger partial charge < -0.3 is 15.4 Å². The molecule has 0 aliphatic heterocycles. The van der Waals surface area contributed by atoms with Crippen molar-refractivity contribution in [3.8, 4) is 5.75 Å². The van der Waals surface area contributed by atoms with Crippen molar-refractivity contribution in [2.75, 3.05) is 10.6 Å². The second-order valence-electron chi connectivity index (χ2n) is 7.88. The van der Waals surface area contributed by atoms with Crippen LogP contribution in [0.1, 0.15) is 5.56 Å². The third kappa shape index (κ3) is 5.27. The molecule has 10 heteroatoms. The molecule has 0 radical (unpaired) electrons. The Morgan fingerprint density at radius 1 is 1.00 bits per heavy atom. The summed E-state index contributed by atoms with van der Waals surface area (Å²) < 4.78 is 34.4. The van der Waals surface area contributed by atoms with E-state index in [1.54, 1.807) is 6.20 Å². The maximum Gasteiger partial charge on any atom is 0.246 e. The smallest absolute Gasteiger partial charge is 0.246 e. The number of hydrogen-bond acceptors (Lipinski definition) is 6. The second kappa shape index (κ2) is 10.2. The molecule has 0 aliphatic rings. The van der Waals surface area contributed by atoms with E-state index in [9.17, 15) is 13.6 Å². The number of carbonyl (C=O) groups is 1. The molecular formula is C26H20F2N6O2. The Kier molecular flexibility index (Phi) is 6.48. The highest BCUT2D eigenvalue weighted by Gasteiger charge is 2.12. The lowest BCUT2D eigenvalue weighted by molar-refractivity contribution is -0.116. The number of ether oxygens (including phenoxy) is 1. The number of nitrogens with zero attached hydrogens (tertiary/aromatic N) is 4. The SMILES string of the molecule is O=C(Cn1cc(Nc2ncnc3cc(OCc4ccccc4)ccc23)cn1)Nc1cccc(F)c1F. The van der Waals surface area contributed by atoms with Gasteiger partial charge in [0.25, 0.3) is 0 Å². The molecule has 1 amide bonds. The second-order valence-corrected chi connectivity index (χ2v) is 7.88. The molecule has 0 saturated carbocycles. The fourth-order valence-corrected chi connectivity index (χ4v) is 3.56. The summed E-state index contributed by atoms with van der Waals surface area (Å²) in [5.41, 5.74) is 2.12. The van der Waals surface area contributed by atoms with Crippen molar-refractivity contribution in [3.63, 3.8) is 0 Å². The number of aromatic nitrogens is 4. The van der Waals surface area contributed by atoms with Gasteiger partial charge in [0.05, 0.1) is 23.1 Å². The van der Waals surface area contributed by atoms with Gasteiger partial charge in [0, 0.05) is 17.6 Å². The number of rotatable bonds is 8. The molecule has 36 heavy (non-hydrogen) atoms. The highest BCUT2D eigenvalue weighted by Crippen LogP contribution is 2.26. The number of benzene rings is 3. The lowest BCUT2D eigenvalue weighted by Crippen LogP contribution is -2.19. The number of anilines is 3. The van der Waals surface area contributed by atoms with E-state index in [4.69, 9.17) is 4.74 Å². The monoisotopic (exact) mass is 486 g/mol. The summed E-state index contributed by atoms with van der Waals surface area (Å²) in [6, 6.07) is 19.0. The Labute approximate surface area is 204 Å². The average molecular weight is 486 g/mol. The zero-order chi connectivity index (χ0) is 24.9. The van der Waals surface area contributed by atoms with Crippen LogP contribution in [0.4, 0.5) is 26.0 Å². The third-order valence-corrected chi connectivity index (χ3v) is 5.28. The van der Waals surface area contributed by atoms with Crippen LogP contribution in [0.25, 0.3) is 10.9 Å². The molecule has 2 N–H and O–H groups in total. The van der Waals surface area contributed by atoms with Gasteiger partial charge in [0.1, 0.15) is 31.0 Å². The molecule has 3 aromatic carbocycles. The number of hydrogen-bond donors (Lipinski definition) is 2. The Bertz CT molecular complexity index is 1520. The topological polar surface area (TPSA) is 94.0 Å². The molecule has 2 aromatic heterocycles. The van der Waals surface area contributed by atoms with E-state index >= 15 is 0 Å². The van der Waals surface area contributed by atoms with Gasteiger partial charge in [-0.1, -0.05) is 36.4 Å². The van der Waals surface area contributed by atoms with E-state index in [0.29, 0.717) is 29.4 Å². The Morgan fingerprint density at radius 3 is 2.72 bits per heavy atom. The minimum atomic E-state index is -1.11. The van der Waals surface area contributed by atoms with Gasteiger partial charge in [-0.15, -0.1) is 0 Å². The summed E-state index contributed by atoms with van der Waals surface area (Å²) in [6.07, 6.45) is 4.57. The molecule has 5 rings (SSSR count). The van der Waals surface area contributed by atoms with Gasteiger partial charge in [0.15, 0.2) is 11.6 Å². The van der Waals surface area contributed by atoms with Crippen molar-refractivity contribution >= 4 is 34.0 Å². The molecular weight excluding hydrogens is 466 g/mol. The molecule has 0 saturated heterocycles. The highest BCUT2D eigenvalue weighted by molar-refractivity contribution is 5.92. The first-order valence-electron chi connectivity index (χ1n) is 11.0. The van der Waals surface area contributed by atoms with E-state index in [2.05, 4.69) is 25.7 Å². The Hall–Kier alpha value is -4.86. The summed E-state index contributed by atoms with van der Waals surface area (Å²) in [6.45, 7) is 0.255. The molecule has 0 fully saturated rings. The Morgan fingerprint density at radius 2 is 1.86 bits per heavy atom. The largest absolute Gasteiger partial charge is 0.489 e. The van der Waals surface area contributed by atoms with Crippen LogP contribution >= 0.6 is 0 Å². The fourth-order valence-electron chi connectivity index (χ4n) is 3.56. The van der Waals surface area contributed by atoms with Gasteiger partial charge in [-0.3, -0.25) is 9.48 Å². The summed E-state index contributed by atoms with van der Waals surface area (Å²) in [4.78, 5) is 20.9. The summed E-state index contributed by atoms with van der Waals surface area (Å²) in [7, 11) is 0. The molecule has 2 heterocycles. The summed E-state index contributed by atoms with van der Waals surface area (Å²) in [5, 5.41) is 10.4. The fraction of sp³-hybridized carbons (Fsp3) is 0.0769. The van der Waals surface area contributed by atoms with Crippen molar-refractivity contribution in [1.82, 2.24) is 19.7 Å². The lowest BCUT2D eigenvalue weighted by Gasteiger charge is -2.09. The van der Waals surface area contributed by atoms with Crippen LogP contribution in [0.3, 0.4) is 0 Å². The average Bonchev–Trinajstić information content (AvgIpc) is 3.32. The van der Waals surface area contributed by atoms with Crippen LogP contribution in [0.2, 0.25) is 0 Å². The third-order valence-electron chi connectivity index (χ3n) is 5.28. The molecule has 0 spiro atoms.